The molecule has 1 aromatic carbocycles. The van der Waals surface area contributed by atoms with Crippen molar-refractivity contribution in [3.05, 3.63) is 29.5 Å². The number of ether oxygens (including phenoxy) is 1. The number of hydrogen-bond acceptors (Lipinski definition) is 5. The Morgan fingerprint density at radius 3 is 3.00 bits per heavy atom. The molecule has 1 unspecified atom stereocenters. The van der Waals surface area contributed by atoms with Crippen molar-refractivity contribution < 1.29 is 4.74 Å². The first kappa shape index (κ1) is 13.8. The normalized spacial score (nSPS) is 12.4. The van der Waals surface area contributed by atoms with Crippen LogP contribution in [0.5, 0.6) is 0 Å². The third-order valence-electron chi connectivity index (χ3n) is 2.66. The van der Waals surface area contributed by atoms with E-state index in [1.165, 1.54) is 0 Å². The van der Waals surface area contributed by atoms with Crippen LogP contribution in [0.4, 0.5) is 5.69 Å². The van der Waals surface area contributed by atoms with Gasteiger partial charge in [-0.05, 0) is 34.5 Å². The van der Waals surface area contributed by atoms with Crippen LogP contribution in [0.2, 0.25) is 5.02 Å². The van der Waals surface area contributed by atoms with E-state index in [4.69, 9.17) is 16.3 Å². The van der Waals surface area contributed by atoms with Gasteiger partial charge in [-0.1, -0.05) is 18.5 Å². The van der Waals surface area contributed by atoms with Crippen molar-refractivity contribution in [2.75, 3.05) is 25.6 Å². The zero-order valence-corrected chi connectivity index (χ0v) is 11.6. The molecule has 2 rings (SSSR count). The summed E-state index contributed by atoms with van der Waals surface area (Å²) in [6, 6.07) is 5.60. The molecular weight excluding hydrogens is 266 g/mol. The van der Waals surface area contributed by atoms with E-state index in [0.717, 1.165) is 17.9 Å². The predicted molar refractivity (Wildman–Crippen MR) is 73.7 cm³/mol. The number of anilines is 1. The smallest absolute Gasteiger partial charge is 0.143 e. The Morgan fingerprint density at radius 2 is 2.32 bits per heavy atom. The summed E-state index contributed by atoms with van der Waals surface area (Å²) in [5, 5.41) is 15.0. The fourth-order valence-corrected chi connectivity index (χ4v) is 1.88. The van der Waals surface area contributed by atoms with Crippen LogP contribution in [-0.2, 0) is 4.74 Å². The highest BCUT2D eigenvalue weighted by molar-refractivity contribution is 6.33. The highest BCUT2D eigenvalue weighted by Gasteiger charge is 2.06. The van der Waals surface area contributed by atoms with E-state index in [1.807, 2.05) is 18.2 Å². The fraction of sp³-hybridized carbons (Fsp3) is 0.417. The highest BCUT2D eigenvalue weighted by atomic mass is 35.5. The molecule has 0 aliphatic rings. The van der Waals surface area contributed by atoms with Crippen molar-refractivity contribution in [1.29, 1.82) is 0 Å². The van der Waals surface area contributed by atoms with Gasteiger partial charge in [-0.3, -0.25) is 0 Å². The molecule has 2 aromatic rings. The standard InChI is InChI=1S/C12H16ClN5O/c1-9(7-19-2)6-14-12-5-10(3-4-11(12)13)18-8-15-16-17-18/h3-5,8-9,14H,6-7H2,1-2H3. The lowest BCUT2D eigenvalue weighted by molar-refractivity contribution is 0.164. The number of halogens is 1. The molecule has 1 atom stereocenters. The summed E-state index contributed by atoms with van der Waals surface area (Å²) < 4.78 is 6.68. The number of nitrogens with zero attached hydrogens (tertiary/aromatic N) is 4. The van der Waals surface area contributed by atoms with Crippen LogP contribution >= 0.6 is 11.6 Å². The fourth-order valence-electron chi connectivity index (χ4n) is 1.70. The number of tetrazole rings is 1. The Hall–Kier alpha value is -1.66. The van der Waals surface area contributed by atoms with Gasteiger partial charge in [-0.2, -0.15) is 0 Å². The van der Waals surface area contributed by atoms with Gasteiger partial charge in [0.25, 0.3) is 0 Å². The molecule has 0 spiro atoms. The van der Waals surface area contributed by atoms with E-state index in [1.54, 1.807) is 18.1 Å². The second-order valence-electron chi connectivity index (χ2n) is 4.36. The maximum Gasteiger partial charge on any atom is 0.143 e. The summed E-state index contributed by atoms with van der Waals surface area (Å²) in [4.78, 5) is 0. The van der Waals surface area contributed by atoms with Gasteiger partial charge >= 0.3 is 0 Å². The molecule has 0 fully saturated rings. The lowest BCUT2D eigenvalue weighted by Crippen LogP contribution is -2.16. The van der Waals surface area contributed by atoms with Gasteiger partial charge in [-0.25, -0.2) is 4.68 Å². The molecule has 102 valence electrons. The highest BCUT2D eigenvalue weighted by Crippen LogP contribution is 2.24. The molecule has 0 saturated carbocycles. The lowest BCUT2D eigenvalue weighted by atomic mass is 10.2. The number of nitrogens with one attached hydrogen (secondary N) is 1. The average Bonchev–Trinajstić information content (AvgIpc) is 2.92. The van der Waals surface area contributed by atoms with E-state index < -0.39 is 0 Å². The zero-order valence-electron chi connectivity index (χ0n) is 10.9. The quantitative estimate of drug-likeness (QED) is 0.877. The van der Waals surface area contributed by atoms with Gasteiger partial charge in [-0.15, -0.1) is 5.10 Å². The molecule has 0 aliphatic heterocycles. The van der Waals surface area contributed by atoms with E-state index in [2.05, 4.69) is 27.8 Å². The second kappa shape index (κ2) is 6.49. The molecule has 0 saturated heterocycles. The minimum absolute atomic E-state index is 0.401. The average molecular weight is 282 g/mol. The number of methoxy groups -OCH3 is 1. The molecule has 7 heteroatoms. The maximum atomic E-state index is 6.16. The third-order valence-corrected chi connectivity index (χ3v) is 2.99. The third kappa shape index (κ3) is 3.65. The molecule has 0 bridgehead atoms. The number of aromatic nitrogens is 4. The Labute approximate surface area is 116 Å². The number of benzene rings is 1. The summed E-state index contributed by atoms with van der Waals surface area (Å²) in [5.41, 5.74) is 1.72. The van der Waals surface area contributed by atoms with Crippen LogP contribution < -0.4 is 5.32 Å². The molecule has 19 heavy (non-hydrogen) atoms. The monoisotopic (exact) mass is 281 g/mol. The molecule has 1 aromatic heterocycles. The van der Waals surface area contributed by atoms with Gasteiger partial charge in [0.05, 0.1) is 23.0 Å². The van der Waals surface area contributed by atoms with Gasteiger partial charge < -0.3 is 10.1 Å². The molecule has 1 N–H and O–H groups in total. The summed E-state index contributed by atoms with van der Waals surface area (Å²) in [6.07, 6.45) is 1.54. The Morgan fingerprint density at radius 1 is 1.47 bits per heavy atom. The van der Waals surface area contributed by atoms with Gasteiger partial charge in [0.2, 0.25) is 0 Å². The molecule has 0 aliphatic carbocycles. The minimum atomic E-state index is 0.401. The van der Waals surface area contributed by atoms with Crippen molar-refractivity contribution in [2.24, 2.45) is 5.92 Å². The SMILES string of the molecule is COCC(C)CNc1cc(-n2cnnn2)ccc1Cl. The first-order valence-corrected chi connectivity index (χ1v) is 6.34. The largest absolute Gasteiger partial charge is 0.384 e. The molecule has 0 radical (unpaired) electrons. The molecule has 0 amide bonds. The van der Waals surface area contributed by atoms with Gasteiger partial charge in [0.15, 0.2) is 0 Å². The van der Waals surface area contributed by atoms with Crippen LogP contribution in [0.3, 0.4) is 0 Å². The summed E-state index contributed by atoms with van der Waals surface area (Å²) in [7, 11) is 1.70. The predicted octanol–water partition coefficient (Wildman–Crippen LogP) is 2.01. The number of hydrogen-bond donors (Lipinski definition) is 1. The maximum absolute atomic E-state index is 6.16. The Kier molecular flexibility index (Phi) is 4.70. The molecule has 6 nitrogen and oxygen atoms in total. The summed E-state index contributed by atoms with van der Waals surface area (Å²) in [5.74, 6) is 0.401. The van der Waals surface area contributed by atoms with E-state index in [0.29, 0.717) is 17.5 Å². The minimum Gasteiger partial charge on any atom is -0.384 e. The number of rotatable bonds is 6. The second-order valence-corrected chi connectivity index (χ2v) is 4.77. The van der Waals surface area contributed by atoms with E-state index in [-0.39, 0.29) is 0 Å². The van der Waals surface area contributed by atoms with Crippen LogP contribution in [0.1, 0.15) is 6.92 Å². The zero-order chi connectivity index (χ0) is 13.7. The van der Waals surface area contributed by atoms with Crippen LogP contribution in [-0.4, -0.2) is 40.5 Å². The van der Waals surface area contributed by atoms with Crippen molar-refractivity contribution in [3.8, 4) is 5.69 Å². The Bertz CT molecular complexity index is 517. The molecular formula is C12H16ClN5O. The van der Waals surface area contributed by atoms with Gasteiger partial charge in [0, 0.05) is 13.7 Å². The van der Waals surface area contributed by atoms with E-state index >= 15 is 0 Å². The van der Waals surface area contributed by atoms with Crippen molar-refractivity contribution in [2.45, 2.75) is 6.92 Å². The van der Waals surface area contributed by atoms with Crippen LogP contribution in [0, 0.1) is 5.92 Å². The van der Waals surface area contributed by atoms with Crippen LogP contribution in [0.25, 0.3) is 5.69 Å². The van der Waals surface area contributed by atoms with E-state index in [9.17, 15) is 0 Å². The topological polar surface area (TPSA) is 64.9 Å². The lowest BCUT2D eigenvalue weighted by Gasteiger charge is -2.14. The van der Waals surface area contributed by atoms with Crippen molar-refractivity contribution in [1.82, 2.24) is 20.2 Å². The first-order chi connectivity index (χ1) is 9.20. The summed E-state index contributed by atoms with van der Waals surface area (Å²) in [6.45, 7) is 3.60. The molecule has 1 heterocycles. The van der Waals surface area contributed by atoms with Crippen LogP contribution in [0.15, 0.2) is 24.5 Å². The Balaban J connectivity index is 2.09. The van der Waals surface area contributed by atoms with Crippen molar-refractivity contribution in [3.63, 3.8) is 0 Å². The summed E-state index contributed by atoms with van der Waals surface area (Å²) >= 11 is 6.16. The van der Waals surface area contributed by atoms with Gasteiger partial charge in [0.1, 0.15) is 6.33 Å². The van der Waals surface area contributed by atoms with Crippen molar-refractivity contribution >= 4 is 17.3 Å². The first-order valence-electron chi connectivity index (χ1n) is 5.96.